The molecule has 162 valence electrons. The minimum absolute atomic E-state index is 0.289. The van der Waals surface area contributed by atoms with Crippen LogP contribution >= 0.6 is 0 Å². The molecule has 5 heteroatoms. The van der Waals surface area contributed by atoms with Crippen molar-refractivity contribution in [1.29, 1.82) is 0 Å². The van der Waals surface area contributed by atoms with E-state index in [0.717, 1.165) is 48.9 Å². The maximum atomic E-state index is 5.83. The van der Waals surface area contributed by atoms with Gasteiger partial charge in [-0.15, -0.1) is 0 Å². The van der Waals surface area contributed by atoms with E-state index in [2.05, 4.69) is 53.4 Å². The topological polar surface area (TPSA) is 40.2 Å². The highest BCUT2D eigenvalue weighted by molar-refractivity contribution is 5.96. The average Bonchev–Trinajstić information content (AvgIpc) is 3.29. The van der Waals surface area contributed by atoms with Crippen LogP contribution in [0.2, 0.25) is 0 Å². The maximum Gasteiger partial charge on any atom is 0.231 e. The lowest BCUT2D eigenvalue weighted by Gasteiger charge is -2.40. The van der Waals surface area contributed by atoms with E-state index in [1.165, 1.54) is 39.1 Å². The molecule has 0 aliphatic carbocycles. The monoisotopic (exact) mass is 427 g/mol. The minimum atomic E-state index is 0.289. The summed E-state index contributed by atoms with van der Waals surface area (Å²) in [6.07, 6.45) is 1.80. The van der Waals surface area contributed by atoms with Crippen molar-refractivity contribution in [1.82, 2.24) is 4.90 Å². The summed E-state index contributed by atoms with van der Waals surface area (Å²) >= 11 is 0. The quantitative estimate of drug-likeness (QED) is 0.591. The molecule has 0 radical (unpaired) electrons. The lowest BCUT2D eigenvalue weighted by Crippen LogP contribution is -2.33. The van der Waals surface area contributed by atoms with Crippen LogP contribution in [0.5, 0.6) is 23.0 Å². The first-order valence-corrected chi connectivity index (χ1v) is 11.0. The smallest absolute Gasteiger partial charge is 0.231 e. The van der Waals surface area contributed by atoms with Crippen LogP contribution in [0.3, 0.4) is 0 Å². The third-order valence-electron chi connectivity index (χ3n) is 6.65. The summed E-state index contributed by atoms with van der Waals surface area (Å²) in [4.78, 5) is 2.48. The van der Waals surface area contributed by atoms with Crippen LogP contribution in [0.4, 0.5) is 0 Å². The van der Waals surface area contributed by atoms with E-state index in [1.54, 1.807) is 14.2 Å². The molecule has 3 aliphatic heterocycles. The molecule has 3 heterocycles. The van der Waals surface area contributed by atoms with Gasteiger partial charge in [-0.05, 0) is 46.9 Å². The van der Waals surface area contributed by atoms with Gasteiger partial charge in [0.2, 0.25) is 6.79 Å². The second-order valence-corrected chi connectivity index (χ2v) is 8.35. The summed E-state index contributed by atoms with van der Waals surface area (Å²) in [7, 11) is 3.42. The Bertz CT molecular complexity index is 1230. The third-order valence-corrected chi connectivity index (χ3v) is 6.65. The molecule has 0 unspecified atom stereocenters. The first-order valence-electron chi connectivity index (χ1n) is 11.0. The van der Waals surface area contributed by atoms with Gasteiger partial charge in [0.05, 0.1) is 14.2 Å². The molecule has 5 nitrogen and oxygen atoms in total. The van der Waals surface area contributed by atoms with E-state index in [4.69, 9.17) is 18.9 Å². The highest BCUT2D eigenvalue weighted by atomic mass is 16.7. The Kier molecular flexibility index (Phi) is 4.49. The van der Waals surface area contributed by atoms with Gasteiger partial charge in [-0.1, -0.05) is 36.4 Å². The van der Waals surface area contributed by atoms with Crippen molar-refractivity contribution in [3.05, 3.63) is 82.4 Å². The maximum absolute atomic E-state index is 5.83. The summed E-state index contributed by atoms with van der Waals surface area (Å²) in [5, 5.41) is 0. The second kappa shape index (κ2) is 7.52. The van der Waals surface area contributed by atoms with Crippen molar-refractivity contribution in [2.75, 3.05) is 27.6 Å². The van der Waals surface area contributed by atoms with Gasteiger partial charge in [0, 0.05) is 36.3 Å². The van der Waals surface area contributed by atoms with Crippen molar-refractivity contribution in [2.45, 2.75) is 19.4 Å². The van der Waals surface area contributed by atoms with E-state index in [-0.39, 0.29) is 6.79 Å². The van der Waals surface area contributed by atoms with Crippen molar-refractivity contribution in [3.63, 3.8) is 0 Å². The van der Waals surface area contributed by atoms with Crippen LogP contribution < -0.4 is 18.9 Å². The fourth-order valence-corrected chi connectivity index (χ4v) is 5.19. The Morgan fingerprint density at radius 2 is 1.72 bits per heavy atom. The van der Waals surface area contributed by atoms with Crippen LogP contribution in [-0.2, 0) is 19.4 Å². The summed E-state index contributed by atoms with van der Waals surface area (Å²) in [5.74, 6) is 3.28. The molecule has 0 bridgehead atoms. The molecule has 3 aliphatic rings. The number of allylic oxidation sites excluding steroid dienone is 1. The molecule has 0 spiro atoms. The Hall–Kier alpha value is -3.60. The van der Waals surface area contributed by atoms with Gasteiger partial charge in [0.15, 0.2) is 23.0 Å². The van der Waals surface area contributed by atoms with E-state index in [0.29, 0.717) is 0 Å². The number of benzene rings is 3. The predicted octanol–water partition coefficient (Wildman–Crippen LogP) is 4.92. The molecule has 0 aromatic heterocycles. The summed E-state index contributed by atoms with van der Waals surface area (Å²) in [6, 6.07) is 19.2. The Morgan fingerprint density at radius 3 is 2.50 bits per heavy atom. The number of nitrogens with zero attached hydrogens (tertiary/aromatic N) is 1. The van der Waals surface area contributed by atoms with Crippen LogP contribution in [0.1, 0.15) is 27.8 Å². The highest BCUT2D eigenvalue weighted by Gasteiger charge is 2.34. The van der Waals surface area contributed by atoms with Crippen molar-refractivity contribution in [3.8, 4) is 23.0 Å². The van der Waals surface area contributed by atoms with E-state index in [1.807, 2.05) is 6.07 Å². The number of ether oxygens (including phenoxy) is 4. The van der Waals surface area contributed by atoms with Gasteiger partial charge >= 0.3 is 0 Å². The zero-order valence-electron chi connectivity index (χ0n) is 18.3. The van der Waals surface area contributed by atoms with Crippen molar-refractivity contribution < 1.29 is 18.9 Å². The summed E-state index contributed by atoms with van der Waals surface area (Å²) in [5.41, 5.74) is 8.84. The van der Waals surface area contributed by atoms with E-state index >= 15 is 0 Å². The lowest BCUT2D eigenvalue weighted by atomic mass is 9.83. The molecular weight excluding hydrogens is 402 g/mol. The highest BCUT2D eigenvalue weighted by Crippen LogP contribution is 2.49. The zero-order valence-corrected chi connectivity index (χ0v) is 18.3. The van der Waals surface area contributed by atoms with Gasteiger partial charge in [0.1, 0.15) is 0 Å². The molecule has 32 heavy (non-hydrogen) atoms. The standard InChI is InChI=1S/C27H25NO4/c1-29-23-9-8-19-21(12-17-6-4-3-5-7-17)26-20-14-25-24(31-16-32-25)13-18(20)10-11-28(26)15-22(19)27(23)30-2/h3-9,13-14H,10-12,15-16H2,1-2H3. The van der Waals surface area contributed by atoms with Crippen molar-refractivity contribution >= 4 is 11.3 Å². The Balaban J connectivity index is 1.60. The fourth-order valence-electron chi connectivity index (χ4n) is 5.19. The molecular formula is C27H25NO4. The third kappa shape index (κ3) is 2.92. The Morgan fingerprint density at radius 1 is 0.906 bits per heavy atom. The Labute approximate surface area is 187 Å². The van der Waals surface area contributed by atoms with Crippen LogP contribution in [0, 0.1) is 0 Å². The molecule has 0 saturated heterocycles. The largest absolute Gasteiger partial charge is 0.493 e. The molecule has 0 atom stereocenters. The van der Waals surface area contributed by atoms with Gasteiger partial charge < -0.3 is 23.8 Å². The van der Waals surface area contributed by atoms with Gasteiger partial charge in [-0.25, -0.2) is 0 Å². The van der Waals surface area contributed by atoms with Crippen LogP contribution in [0.25, 0.3) is 11.3 Å². The molecule has 6 rings (SSSR count). The van der Waals surface area contributed by atoms with E-state index < -0.39 is 0 Å². The zero-order chi connectivity index (χ0) is 21.7. The van der Waals surface area contributed by atoms with Crippen molar-refractivity contribution in [2.24, 2.45) is 0 Å². The SMILES string of the molecule is COc1ccc2c(c1OC)CN1CCc3cc4c(cc3C1=C2Cc1ccccc1)OCO4. The molecule has 3 aromatic rings. The number of hydrogen-bond donors (Lipinski definition) is 0. The molecule has 0 saturated carbocycles. The first-order chi connectivity index (χ1) is 15.8. The van der Waals surface area contributed by atoms with E-state index in [9.17, 15) is 0 Å². The normalized spacial score (nSPS) is 15.8. The first kappa shape index (κ1) is 19.1. The second-order valence-electron chi connectivity index (χ2n) is 8.35. The minimum Gasteiger partial charge on any atom is -0.493 e. The number of rotatable bonds is 4. The average molecular weight is 428 g/mol. The number of methoxy groups -OCH3 is 2. The summed E-state index contributed by atoms with van der Waals surface area (Å²) in [6.45, 7) is 2.02. The van der Waals surface area contributed by atoms with Gasteiger partial charge in [-0.2, -0.15) is 0 Å². The number of fused-ring (bicyclic) bond motifs is 5. The lowest BCUT2D eigenvalue weighted by molar-refractivity contribution is 0.174. The fraction of sp³-hybridized carbons (Fsp3) is 0.259. The molecule has 0 N–H and O–H groups in total. The molecule has 3 aromatic carbocycles. The predicted molar refractivity (Wildman–Crippen MR) is 123 cm³/mol. The van der Waals surface area contributed by atoms with Gasteiger partial charge in [-0.3, -0.25) is 0 Å². The summed E-state index contributed by atoms with van der Waals surface area (Å²) < 4.78 is 22.8. The molecule has 0 fully saturated rings. The number of hydrogen-bond acceptors (Lipinski definition) is 5. The van der Waals surface area contributed by atoms with Crippen LogP contribution in [0.15, 0.2) is 54.6 Å². The van der Waals surface area contributed by atoms with Gasteiger partial charge in [0.25, 0.3) is 0 Å². The van der Waals surface area contributed by atoms with Crippen LogP contribution in [-0.4, -0.2) is 32.5 Å². The molecule has 0 amide bonds.